The first kappa shape index (κ1) is 18.1. The first-order valence-electron chi connectivity index (χ1n) is 8.09. The number of hydrogen-bond donors (Lipinski definition) is 1. The zero-order chi connectivity index (χ0) is 17.5. The second kappa shape index (κ2) is 8.59. The fourth-order valence-electron chi connectivity index (χ4n) is 2.29. The maximum atomic E-state index is 12.4. The number of thiazole rings is 1. The minimum Gasteiger partial charge on any atom is -0.355 e. The highest BCUT2D eigenvalue weighted by atomic mass is 32.1. The predicted octanol–water partition coefficient (Wildman–Crippen LogP) is 2.65. The van der Waals surface area contributed by atoms with E-state index >= 15 is 0 Å². The maximum Gasteiger partial charge on any atom is 0.239 e. The van der Waals surface area contributed by atoms with Crippen LogP contribution in [0, 0.1) is 6.92 Å². The van der Waals surface area contributed by atoms with E-state index in [1.54, 1.807) is 4.90 Å². The van der Waals surface area contributed by atoms with Crippen LogP contribution >= 0.6 is 11.3 Å². The van der Waals surface area contributed by atoms with E-state index in [0.29, 0.717) is 13.1 Å². The number of likely N-dealkylation sites (N-methyl/N-ethyl adjacent to an activating group) is 2. The third kappa shape index (κ3) is 4.89. The molecule has 0 aliphatic carbocycles. The Hall–Kier alpha value is -2.21. The van der Waals surface area contributed by atoms with Gasteiger partial charge in [0.25, 0.3) is 0 Å². The number of nitrogens with one attached hydrogen (secondary N) is 1. The summed E-state index contributed by atoms with van der Waals surface area (Å²) >= 11 is 1.53. The standard InChI is InChI=1S/C18H23N3O2S/c1-4-19-16(22)11-21(5-2)17(23)10-15-12-24-18(20-15)14-8-6-13(3)7-9-14/h6-9,12H,4-5,10-11H2,1-3H3,(H,19,22). The van der Waals surface area contributed by atoms with Gasteiger partial charge in [-0.1, -0.05) is 29.8 Å². The number of carbonyl (C=O) groups excluding carboxylic acids is 2. The predicted molar refractivity (Wildman–Crippen MR) is 96.9 cm³/mol. The molecule has 0 atom stereocenters. The lowest BCUT2D eigenvalue weighted by molar-refractivity contribution is -0.135. The van der Waals surface area contributed by atoms with Crippen LogP contribution in [0.4, 0.5) is 0 Å². The second-order valence-corrected chi connectivity index (χ2v) is 6.41. The van der Waals surface area contributed by atoms with Crippen LogP contribution in [0.5, 0.6) is 0 Å². The molecule has 0 saturated carbocycles. The summed E-state index contributed by atoms with van der Waals surface area (Å²) in [5, 5.41) is 5.53. The summed E-state index contributed by atoms with van der Waals surface area (Å²) in [5.74, 6) is -0.212. The number of hydrogen-bond acceptors (Lipinski definition) is 4. The Kier molecular flexibility index (Phi) is 6.49. The van der Waals surface area contributed by atoms with Crippen LogP contribution in [0.1, 0.15) is 25.1 Å². The molecule has 1 heterocycles. The largest absolute Gasteiger partial charge is 0.355 e. The quantitative estimate of drug-likeness (QED) is 0.839. The summed E-state index contributed by atoms with van der Waals surface area (Å²) in [6.07, 6.45) is 0.218. The molecule has 1 N–H and O–H groups in total. The summed E-state index contributed by atoms with van der Waals surface area (Å²) in [6, 6.07) is 8.17. The molecule has 2 aromatic rings. The van der Waals surface area contributed by atoms with Crippen LogP contribution < -0.4 is 5.32 Å². The molecule has 5 nitrogen and oxygen atoms in total. The lowest BCUT2D eigenvalue weighted by Gasteiger charge is -2.19. The van der Waals surface area contributed by atoms with Gasteiger partial charge < -0.3 is 10.2 Å². The van der Waals surface area contributed by atoms with Crippen molar-refractivity contribution in [1.82, 2.24) is 15.2 Å². The van der Waals surface area contributed by atoms with Crippen molar-refractivity contribution in [3.63, 3.8) is 0 Å². The van der Waals surface area contributed by atoms with E-state index in [0.717, 1.165) is 16.3 Å². The number of aryl methyl sites for hydroxylation is 1. The highest BCUT2D eigenvalue weighted by Gasteiger charge is 2.17. The van der Waals surface area contributed by atoms with Gasteiger partial charge in [-0.05, 0) is 20.8 Å². The lowest BCUT2D eigenvalue weighted by atomic mass is 10.2. The van der Waals surface area contributed by atoms with E-state index in [1.807, 2.05) is 50.4 Å². The molecule has 2 rings (SSSR count). The van der Waals surface area contributed by atoms with Gasteiger partial charge in [-0.25, -0.2) is 4.98 Å². The maximum absolute atomic E-state index is 12.4. The molecule has 0 spiro atoms. The zero-order valence-corrected chi connectivity index (χ0v) is 15.2. The van der Waals surface area contributed by atoms with E-state index in [9.17, 15) is 9.59 Å². The zero-order valence-electron chi connectivity index (χ0n) is 14.3. The molecule has 0 bridgehead atoms. The highest BCUT2D eigenvalue weighted by molar-refractivity contribution is 7.13. The number of carbonyl (C=O) groups is 2. The molecule has 6 heteroatoms. The van der Waals surface area contributed by atoms with Crippen molar-refractivity contribution in [2.45, 2.75) is 27.2 Å². The Morgan fingerprint density at radius 3 is 2.54 bits per heavy atom. The second-order valence-electron chi connectivity index (χ2n) is 5.55. The number of amides is 2. The van der Waals surface area contributed by atoms with Gasteiger partial charge >= 0.3 is 0 Å². The van der Waals surface area contributed by atoms with Gasteiger partial charge in [0, 0.05) is 24.0 Å². The van der Waals surface area contributed by atoms with Crippen LogP contribution in [0.2, 0.25) is 0 Å². The van der Waals surface area contributed by atoms with Gasteiger partial charge in [-0.2, -0.15) is 0 Å². The van der Waals surface area contributed by atoms with Crippen molar-refractivity contribution < 1.29 is 9.59 Å². The molecule has 0 fully saturated rings. The molecule has 1 aromatic carbocycles. The van der Waals surface area contributed by atoms with Gasteiger partial charge in [-0.15, -0.1) is 11.3 Å². The van der Waals surface area contributed by atoms with Crippen LogP contribution in [0.25, 0.3) is 10.6 Å². The lowest BCUT2D eigenvalue weighted by Crippen LogP contribution is -2.41. The Balaban J connectivity index is 2.01. The fourth-order valence-corrected chi connectivity index (χ4v) is 3.11. The van der Waals surface area contributed by atoms with Crippen LogP contribution in [-0.4, -0.2) is 41.3 Å². The van der Waals surface area contributed by atoms with Gasteiger partial charge in [-0.3, -0.25) is 9.59 Å². The third-order valence-corrected chi connectivity index (χ3v) is 4.57. The molecule has 0 saturated heterocycles. The van der Waals surface area contributed by atoms with E-state index in [1.165, 1.54) is 16.9 Å². The molecule has 0 aliphatic rings. The fraction of sp³-hybridized carbons (Fsp3) is 0.389. The Bertz CT molecular complexity index is 695. The van der Waals surface area contributed by atoms with Gasteiger partial charge in [0.15, 0.2) is 0 Å². The number of nitrogens with zero attached hydrogens (tertiary/aromatic N) is 2. The van der Waals surface area contributed by atoms with Crippen LogP contribution in [0.3, 0.4) is 0 Å². The summed E-state index contributed by atoms with van der Waals surface area (Å²) < 4.78 is 0. The molecule has 0 radical (unpaired) electrons. The van der Waals surface area contributed by atoms with E-state index < -0.39 is 0 Å². The Morgan fingerprint density at radius 1 is 1.21 bits per heavy atom. The summed E-state index contributed by atoms with van der Waals surface area (Å²) in [5.41, 5.74) is 3.00. The van der Waals surface area contributed by atoms with E-state index in [2.05, 4.69) is 10.3 Å². The smallest absolute Gasteiger partial charge is 0.239 e. The van der Waals surface area contributed by atoms with Gasteiger partial charge in [0.2, 0.25) is 11.8 Å². The van der Waals surface area contributed by atoms with Gasteiger partial charge in [0.1, 0.15) is 5.01 Å². The molecule has 0 aliphatic heterocycles. The molecule has 2 amide bonds. The first-order valence-corrected chi connectivity index (χ1v) is 8.97. The molecule has 0 unspecified atom stereocenters. The topological polar surface area (TPSA) is 62.3 Å². The van der Waals surface area contributed by atoms with E-state index in [4.69, 9.17) is 0 Å². The first-order chi connectivity index (χ1) is 11.5. The SMILES string of the molecule is CCNC(=O)CN(CC)C(=O)Cc1csc(-c2ccc(C)cc2)n1. The summed E-state index contributed by atoms with van der Waals surface area (Å²) in [4.78, 5) is 30.2. The highest BCUT2D eigenvalue weighted by Crippen LogP contribution is 2.24. The number of benzene rings is 1. The summed E-state index contributed by atoms with van der Waals surface area (Å²) in [6.45, 7) is 6.94. The Morgan fingerprint density at radius 2 is 1.92 bits per heavy atom. The average Bonchev–Trinajstić information content (AvgIpc) is 3.02. The van der Waals surface area contributed by atoms with Gasteiger partial charge in [0.05, 0.1) is 18.7 Å². The van der Waals surface area contributed by atoms with Crippen LogP contribution in [0.15, 0.2) is 29.6 Å². The average molecular weight is 345 g/mol. The monoisotopic (exact) mass is 345 g/mol. The van der Waals surface area contributed by atoms with Crippen molar-refractivity contribution in [1.29, 1.82) is 0 Å². The normalized spacial score (nSPS) is 10.5. The molecule has 1 aromatic heterocycles. The minimum absolute atomic E-state index is 0.0792. The molecule has 128 valence electrons. The third-order valence-electron chi connectivity index (χ3n) is 3.63. The molecular weight excluding hydrogens is 322 g/mol. The molecule has 24 heavy (non-hydrogen) atoms. The van der Waals surface area contributed by atoms with E-state index in [-0.39, 0.29) is 24.8 Å². The van der Waals surface area contributed by atoms with Crippen molar-refractivity contribution in [2.24, 2.45) is 0 Å². The van der Waals surface area contributed by atoms with Crippen molar-refractivity contribution in [3.8, 4) is 10.6 Å². The van der Waals surface area contributed by atoms with Crippen molar-refractivity contribution in [2.75, 3.05) is 19.6 Å². The van der Waals surface area contributed by atoms with Crippen molar-refractivity contribution >= 4 is 23.2 Å². The van der Waals surface area contributed by atoms with Crippen molar-refractivity contribution in [3.05, 3.63) is 40.9 Å². The van der Waals surface area contributed by atoms with Crippen LogP contribution in [-0.2, 0) is 16.0 Å². The molecular formula is C18H23N3O2S. The summed E-state index contributed by atoms with van der Waals surface area (Å²) in [7, 11) is 0. The number of rotatable bonds is 7. The Labute approximate surface area is 146 Å². The number of aromatic nitrogens is 1. The minimum atomic E-state index is -0.133.